The Morgan fingerprint density at radius 1 is 0.556 bits per heavy atom. The number of carbonyl (C=O) groups is 3. The van der Waals surface area contributed by atoms with E-state index in [0.717, 1.165) is 70.6 Å². The first-order valence-electron chi connectivity index (χ1n) is 22.3. The maximum Gasteiger partial charge on any atom is 0.472 e. The number of epoxide rings is 1. The summed E-state index contributed by atoms with van der Waals surface area (Å²) in [6.07, 6.45) is 57.3. The molecule has 1 rings (SSSR count). The normalized spacial score (nSPS) is 18.1. The third-order valence-electron chi connectivity index (χ3n) is 8.82. The number of nitrogens with two attached hydrogens (primary N) is 1. The first-order chi connectivity index (χ1) is 30.6. The molecule has 1 aliphatic rings. The van der Waals surface area contributed by atoms with E-state index in [-0.39, 0.29) is 12.8 Å². The number of carbonyl (C=O) groups excluding carboxylic acids is 2. The van der Waals surface area contributed by atoms with Crippen LogP contribution in [-0.2, 0) is 42.2 Å². The predicted molar refractivity (Wildman–Crippen MR) is 253 cm³/mol. The van der Waals surface area contributed by atoms with Crippen molar-refractivity contribution in [1.29, 1.82) is 0 Å². The molecule has 0 amide bonds. The van der Waals surface area contributed by atoms with Crippen molar-refractivity contribution in [2.75, 3.05) is 19.8 Å². The number of hydrogen-bond acceptors (Lipinski definition) is 10. The van der Waals surface area contributed by atoms with Crippen LogP contribution in [0, 0.1) is 0 Å². The van der Waals surface area contributed by atoms with Gasteiger partial charge >= 0.3 is 25.7 Å². The summed E-state index contributed by atoms with van der Waals surface area (Å²) in [4.78, 5) is 46.0. The van der Waals surface area contributed by atoms with Crippen LogP contribution < -0.4 is 5.73 Å². The summed E-state index contributed by atoms with van der Waals surface area (Å²) in [5.74, 6) is -2.62. The summed E-state index contributed by atoms with van der Waals surface area (Å²) in [5, 5.41) is 8.90. The molecule has 1 fully saturated rings. The lowest BCUT2D eigenvalue weighted by atomic mass is 10.1. The van der Waals surface area contributed by atoms with Crippen molar-refractivity contribution >= 4 is 25.7 Å². The average molecular weight is 896 g/mol. The lowest BCUT2D eigenvalue weighted by molar-refractivity contribution is -0.161. The largest absolute Gasteiger partial charge is 0.480 e. The van der Waals surface area contributed by atoms with Crippen LogP contribution in [0.3, 0.4) is 0 Å². The maximum absolute atomic E-state index is 12.6. The van der Waals surface area contributed by atoms with Crippen LogP contribution in [0.5, 0.6) is 0 Å². The highest BCUT2D eigenvalue weighted by atomic mass is 31.2. The molecule has 5 atom stereocenters. The Morgan fingerprint density at radius 2 is 0.921 bits per heavy atom. The van der Waals surface area contributed by atoms with Crippen LogP contribution >= 0.6 is 7.82 Å². The average Bonchev–Trinajstić information content (AvgIpc) is 4.02. The molecule has 1 heterocycles. The number of ether oxygens (including phenoxy) is 3. The van der Waals surface area contributed by atoms with E-state index >= 15 is 0 Å². The molecular weight excluding hydrogens is 822 g/mol. The molecule has 63 heavy (non-hydrogen) atoms. The van der Waals surface area contributed by atoms with E-state index in [1.165, 1.54) is 0 Å². The van der Waals surface area contributed by atoms with Crippen LogP contribution in [0.1, 0.15) is 117 Å². The number of hydrogen-bond donors (Lipinski definition) is 3. The van der Waals surface area contributed by atoms with Gasteiger partial charge in [-0.15, -0.1) is 0 Å². The zero-order valence-electron chi connectivity index (χ0n) is 37.5. The topological polar surface area (TPSA) is 184 Å². The molecule has 0 bridgehead atoms. The fourth-order valence-corrected chi connectivity index (χ4v) is 6.05. The van der Waals surface area contributed by atoms with Gasteiger partial charge in [0.2, 0.25) is 0 Å². The number of allylic oxidation sites excluding steroid dienone is 20. The van der Waals surface area contributed by atoms with Crippen molar-refractivity contribution in [2.45, 2.75) is 141 Å². The van der Waals surface area contributed by atoms with Crippen molar-refractivity contribution < 1.29 is 52.2 Å². The standard InChI is InChI=1S/C50H74NO11P/c1-3-5-7-8-9-10-11-12-13-14-15-16-17-18-22-25-28-31-35-39-48(52)58-41-44(42-59-63(56,57)60-43-45(51)50(54)55)61-49(53)40-36-32-29-26-23-20-19-21-24-27-30-34-38-47-46(62-47)37-33-6-4-2/h5-7,9-10,12-13,15-16,18,20-24,28-34,44-47H,3-4,8,11,14,17,19,25-27,35-43,51H2,1-2H3,(H,54,55)(H,56,57)/b7-5-,10-9-,13-12-,16-15-,22-18-,23-20-,24-21-,31-28-,32-29-,33-6-,34-30-/t44-,45+,46?,47?/m1/s1. The second kappa shape index (κ2) is 39.2. The minimum absolute atomic E-state index is 0.00772. The number of phosphoric acid groups is 1. The van der Waals surface area contributed by atoms with Crippen LogP contribution in [0.2, 0.25) is 0 Å². The number of esters is 2. The highest BCUT2D eigenvalue weighted by Gasteiger charge is 2.36. The van der Waals surface area contributed by atoms with Gasteiger partial charge in [-0.2, -0.15) is 0 Å². The first kappa shape index (κ1) is 56.6. The van der Waals surface area contributed by atoms with Gasteiger partial charge in [0, 0.05) is 12.8 Å². The molecule has 13 heteroatoms. The molecule has 0 aromatic rings. The Bertz CT molecular complexity index is 1640. The van der Waals surface area contributed by atoms with E-state index < -0.39 is 57.7 Å². The Morgan fingerprint density at radius 3 is 1.37 bits per heavy atom. The van der Waals surface area contributed by atoms with Crippen LogP contribution in [0.15, 0.2) is 134 Å². The van der Waals surface area contributed by atoms with Gasteiger partial charge in [0.25, 0.3) is 0 Å². The molecule has 0 aromatic heterocycles. The number of phosphoric ester groups is 1. The number of rotatable bonds is 38. The lowest BCUT2D eigenvalue weighted by Gasteiger charge is -2.20. The van der Waals surface area contributed by atoms with Gasteiger partial charge in [0.15, 0.2) is 6.10 Å². The highest BCUT2D eigenvalue weighted by molar-refractivity contribution is 7.47. The molecule has 0 spiro atoms. The maximum atomic E-state index is 12.6. The zero-order valence-corrected chi connectivity index (χ0v) is 38.4. The smallest absolute Gasteiger partial charge is 0.472 e. The fraction of sp³-hybridized carbons (Fsp3) is 0.500. The Hall–Kier alpha value is -4.42. The Balaban J connectivity index is 2.39. The third kappa shape index (κ3) is 36.7. The fourth-order valence-electron chi connectivity index (χ4n) is 5.27. The van der Waals surface area contributed by atoms with Gasteiger partial charge in [0.1, 0.15) is 12.6 Å². The summed E-state index contributed by atoms with van der Waals surface area (Å²) in [5.41, 5.74) is 5.33. The molecule has 0 aromatic carbocycles. The van der Waals surface area contributed by atoms with Crippen LogP contribution in [-0.4, -0.2) is 72.1 Å². The van der Waals surface area contributed by atoms with E-state index in [9.17, 15) is 23.8 Å². The third-order valence-corrected chi connectivity index (χ3v) is 9.77. The van der Waals surface area contributed by atoms with E-state index in [1.807, 2.05) is 36.5 Å². The molecule has 3 unspecified atom stereocenters. The van der Waals surface area contributed by atoms with E-state index in [1.54, 1.807) is 0 Å². The lowest BCUT2D eigenvalue weighted by Crippen LogP contribution is -2.34. The molecule has 0 saturated carbocycles. The molecule has 1 saturated heterocycles. The summed E-state index contributed by atoms with van der Waals surface area (Å²) >= 11 is 0. The van der Waals surface area contributed by atoms with Crippen molar-refractivity contribution in [3.8, 4) is 0 Å². The molecule has 1 aliphatic heterocycles. The predicted octanol–water partition coefficient (Wildman–Crippen LogP) is 11.2. The summed E-state index contributed by atoms with van der Waals surface area (Å²) in [7, 11) is -4.77. The summed E-state index contributed by atoms with van der Waals surface area (Å²) in [6.45, 7) is 2.39. The molecule has 350 valence electrons. The van der Waals surface area contributed by atoms with Gasteiger partial charge in [-0.05, 0) is 89.9 Å². The highest BCUT2D eigenvalue weighted by Crippen LogP contribution is 2.43. The molecule has 0 radical (unpaired) electrons. The van der Waals surface area contributed by atoms with Crippen molar-refractivity contribution in [1.82, 2.24) is 0 Å². The van der Waals surface area contributed by atoms with E-state index in [2.05, 4.69) is 116 Å². The molecule has 4 N–H and O–H groups in total. The number of aliphatic carboxylic acids is 1. The SMILES string of the molecule is CC/C=C\C/C=C\C/C=C\C/C=C\C/C=C\C/C=C\CCC(=O)OC[C@H](COP(=O)(O)OC[C@H](N)C(=O)O)OC(=O)CC/C=C\C/C=C\C/C=C\C/C=C\CC1OC1C/C=C\CC. The van der Waals surface area contributed by atoms with Crippen molar-refractivity contribution in [3.05, 3.63) is 134 Å². The van der Waals surface area contributed by atoms with Gasteiger partial charge in [-0.3, -0.25) is 23.4 Å². The summed E-state index contributed by atoms with van der Waals surface area (Å²) < 4.78 is 38.2. The van der Waals surface area contributed by atoms with Gasteiger partial charge in [0.05, 0.1) is 25.4 Å². The van der Waals surface area contributed by atoms with Crippen molar-refractivity contribution in [3.63, 3.8) is 0 Å². The zero-order chi connectivity index (χ0) is 46.1. The quantitative estimate of drug-likeness (QED) is 0.0231. The second-order valence-corrected chi connectivity index (χ2v) is 15.9. The minimum Gasteiger partial charge on any atom is -0.480 e. The Labute approximate surface area is 377 Å². The van der Waals surface area contributed by atoms with E-state index in [4.69, 9.17) is 29.6 Å². The van der Waals surface area contributed by atoms with Gasteiger partial charge < -0.3 is 29.9 Å². The van der Waals surface area contributed by atoms with Crippen molar-refractivity contribution in [2.24, 2.45) is 5.73 Å². The first-order valence-corrected chi connectivity index (χ1v) is 23.8. The summed E-state index contributed by atoms with van der Waals surface area (Å²) in [6, 6.07) is -1.55. The molecule has 12 nitrogen and oxygen atoms in total. The van der Waals surface area contributed by atoms with Crippen LogP contribution in [0.25, 0.3) is 0 Å². The van der Waals surface area contributed by atoms with Crippen LogP contribution in [0.4, 0.5) is 0 Å². The number of carboxylic acid groups (broad SMARTS) is 1. The monoisotopic (exact) mass is 895 g/mol. The van der Waals surface area contributed by atoms with E-state index in [0.29, 0.717) is 31.5 Å². The van der Waals surface area contributed by atoms with Gasteiger partial charge in [-0.25, -0.2) is 4.57 Å². The molecular formula is C50H74NO11P. The second-order valence-electron chi connectivity index (χ2n) is 14.4. The Kier molecular flexibility index (Phi) is 35.2. The number of carboxylic acids is 1. The minimum atomic E-state index is -4.77. The molecule has 0 aliphatic carbocycles. The van der Waals surface area contributed by atoms with Gasteiger partial charge in [-0.1, -0.05) is 148 Å².